The van der Waals surface area contributed by atoms with Crippen LogP contribution in [0.3, 0.4) is 0 Å². The molecule has 160 valence electrons. The van der Waals surface area contributed by atoms with Crippen LogP contribution in [0, 0.1) is 12.7 Å². The largest absolute Gasteiger partial charge is 0.468 e. The Balaban J connectivity index is 1.37. The predicted molar refractivity (Wildman–Crippen MR) is 118 cm³/mol. The molecular formula is C23H23FN4O2S. The van der Waals surface area contributed by atoms with Crippen molar-refractivity contribution in [1.82, 2.24) is 20.0 Å². The lowest BCUT2D eigenvalue weighted by Gasteiger charge is -2.25. The van der Waals surface area contributed by atoms with E-state index < -0.39 is 0 Å². The van der Waals surface area contributed by atoms with Crippen LogP contribution < -0.4 is 5.32 Å². The fourth-order valence-corrected chi connectivity index (χ4v) is 5.24. The van der Waals surface area contributed by atoms with E-state index in [1.54, 1.807) is 23.1 Å². The molecule has 1 aliphatic rings. The Morgan fingerprint density at radius 3 is 2.74 bits per heavy atom. The molecule has 0 bridgehead atoms. The minimum absolute atomic E-state index is 0.0345. The first kappa shape index (κ1) is 20.0. The maximum atomic E-state index is 13.3. The average molecular weight is 439 g/mol. The van der Waals surface area contributed by atoms with Crippen molar-refractivity contribution in [3.05, 3.63) is 70.9 Å². The first-order chi connectivity index (χ1) is 15.1. The summed E-state index contributed by atoms with van der Waals surface area (Å²) in [5, 5.41) is 8.59. The number of carbonyl (C=O) groups is 1. The fourth-order valence-electron chi connectivity index (χ4n) is 4.14. The lowest BCUT2D eigenvalue weighted by atomic mass is 10.2. The zero-order chi connectivity index (χ0) is 21.4. The number of fused-ring (bicyclic) bond motifs is 1. The van der Waals surface area contributed by atoms with Gasteiger partial charge in [-0.2, -0.15) is 5.10 Å². The molecule has 1 N–H and O–H groups in total. The SMILES string of the molecule is Cc1nn(-c2ccc(F)cc2)c2sc(C(=O)NC[C@H](c3ccco3)N3CCCC3)cc12. The number of hydrogen-bond donors (Lipinski definition) is 1. The zero-order valence-electron chi connectivity index (χ0n) is 17.2. The fraction of sp³-hybridized carbons (Fsp3) is 0.304. The van der Waals surface area contributed by atoms with Crippen LogP contribution in [0.4, 0.5) is 4.39 Å². The molecule has 1 aliphatic heterocycles. The Morgan fingerprint density at radius 1 is 1.26 bits per heavy atom. The van der Waals surface area contributed by atoms with Crippen molar-refractivity contribution < 1.29 is 13.6 Å². The molecule has 0 saturated carbocycles. The van der Waals surface area contributed by atoms with Crippen molar-refractivity contribution in [2.24, 2.45) is 0 Å². The number of halogens is 1. The van der Waals surface area contributed by atoms with Gasteiger partial charge in [0.25, 0.3) is 5.91 Å². The molecule has 4 aromatic rings. The second-order valence-corrected chi connectivity index (χ2v) is 8.82. The summed E-state index contributed by atoms with van der Waals surface area (Å²) in [6.45, 7) is 4.42. The number of nitrogens with one attached hydrogen (secondary N) is 1. The number of aromatic nitrogens is 2. The zero-order valence-corrected chi connectivity index (χ0v) is 18.0. The van der Waals surface area contributed by atoms with Crippen LogP contribution in [-0.4, -0.2) is 40.2 Å². The van der Waals surface area contributed by atoms with Crippen LogP contribution >= 0.6 is 11.3 Å². The molecule has 5 rings (SSSR count). The molecule has 31 heavy (non-hydrogen) atoms. The van der Waals surface area contributed by atoms with Gasteiger partial charge in [0.15, 0.2) is 0 Å². The van der Waals surface area contributed by atoms with Crippen molar-refractivity contribution in [3.63, 3.8) is 0 Å². The molecule has 1 amide bonds. The molecular weight excluding hydrogens is 415 g/mol. The molecule has 1 atom stereocenters. The highest BCUT2D eigenvalue weighted by atomic mass is 32.1. The number of hydrogen-bond acceptors (Lipinski definition) is 5. The van der Waals surface area contributed by atoms with E-state index in [1.165, 1.54) is 36.3 Å². The first-order valence-electron chi connectivity index (χ1n) is 10.4. The van der Waals surface area contributed by atoms with Crippen molar-refractivity contribution >= 4 is 27.5 Å². The van der Waals surface area contributed by atoms with E-state index in [4.69, 9.17) is 4.42 Å². The molecule has 3 aromatic heterocycles. The van der Waals surface area contributed by atoms with E-state index in [1.807, 2.05) is 25.1 Å². The van der Waals surface area contributed by atoms with Gasteiger partial charge in [0.1, 0.15) is 16.4 Å². The van der Waals surface area contributed by atoms with E-state index in [2.05, 4.69) is 15.3 Å². The quantitative estimate of drug-likeness (QED) is 0.474. The molecule has 6 nitrogen and oxygen atoms in total. The Bertz CT molecular complexity index is 1190. The van der Waals surface area contributed by atoms with E-state index >= 15 is 0 Å². The van der Waals surface area contributed by atoms with E-state index in [0.29, 0.717) is 11.4 Å². The van der Waals surface area contributed by atoms with Crippen LogP contribution in [0.25, 0.3) is 15.9 Å². The molecule has 0 spiro atoms. The Morgan fingerprint density at radius 2 is 2.03 bits per heavy atom. The number of likely N-dealkylation sites (tertiary alicyclic amines) is 1. The summed E-state index contributed by atoms with van der Waals surface area (Å²) < 4.78 is 20.7. The standard InChI is InChI=1S/C23H23FN4O2S/c1-15-18-13-21(31-23(18)28(26-15)17-8-6-16(24)7-9-17)22(29)25-14-19(20-5-4-12-30-20)27-10-2-3-11-27/h4-9,12-13,19H,2-3,10-11,14H2,1H3,(H,25,29)/t19-/m1/s1. The van der Waals surface area contributed by atoms with Crippen LogP contribution in [0.15, 0.2) is 53.1 Å². The van der Waals surface area contributed by atoms with Gasteiger partial charge in [-0.3, -0.25) is 9.69 Å². The molecule has 1 fully saturated rings. The molecule has 8 heteroatoms. The third-order valence-corrected chi connectivity index (χ3v) is 6.86. The van der Waals surface area contributed by atoms with E-state index in [9.17, 15) is 9.18 Å². The maximum Gasteiger partial charge on any atom is 0.261 e. The van der Waals surface area contributed by atoms with Crippen molar-refractivity contribution in [2.75, 3.05) is 19.6 Å². The second kappa shape index (κ2) is 8.28. The van der Waals surface area contributed by atoms with Crippen molar-refractivity contribution in [2.45, 2.75) is 25.8 Å². The van der Waals surface area contributed by atoms with Gasteiger partial charge in [-0.05, 0) is 75.3 Å². The Kier molecular flexibility index (Phi) is 5.33. The smallest absolute Gasteiger partial charge is 0.261 e. The third-order valence-electron chi connectivity index (χ3n) is 5.75. The minimum atomic E-state index is -0.292. The summed E-state index contributed by atoms with van der Waals surface area (Å²) in [5.41, 5.74) is 1.60. The lowest BCUT2D eigenvalue weighted by Crippen LogP contribution is -2.36. The molecule has 1 aromatic carbocycles. The van der Waals surface area contributed by atoms with Gasteiger partial charge in [0, 0.05) is 11.9 Å². The number of amides is 1. The van der Waals surface area contributed by atoms with Gasteiger partial charge < -0.3 is 9.73 Å². The van der Waals surface area contributed by atoms with Gasteiger partial charge in [-0.15, -0.1) is 11.3 Å². The van der Waals surface area contributed by atoms with Crippen molar-refractivity contribution in [1.29, 1.82) is 0 Å². The van der Waals surface area contributed by atoms with Crippen LogP contribution in [0.2, 0.25) is 0 Å². The second-order valence-electron chi connectivity index (χ2n) is 7.79. The van der Waals surface area contributed by atoms with Gasteiger partial charge in [0.05, 0.1) is 28.6 Å². The number of nitrogens with zero attached hydrogens (tertiary/aromatic N) is 3. The number of thiophene rings is 1. The molecule has 4 heterocycles. The molecule has 0 aliphatic carbocycles. The van der Waals surface area contributed by atoms with Crippen LogP contribution in [0.1, 0.15) is 40.0 Å². The van der Waals surface area contributed by atoms with Gasteiger partial charge in [0.2, 0.25) is 0 Å². The summed E-state index contributed by atoms with van der Waals surface area (Å²) in [5.74, 6) is 0.475. The maximum absolute atomic E-state index is 13.3. The van der Waals surface area contributed by atoms with Crippen LogP contribution in [0.5, 0.6) is 0 Å². The van der Waals surface area contributed by atoms with Gasteiger partial charge >= 0.3 is 0 Å². The van der Waals surface area contributed by atoms with Crippen molar-refractivity contribution in [3.8, 4) is 5.69 Å². The van der Waals surface area contributed by atoms with E-state index in [0.717, 1.165) is 40.4 Å². The summed E-state index contributed by atoms with van der Waals surface area (Å²) in [4.78, 5) is 16.8. The highest BCUT2D eigenvalue weighted by molar-refractivity contribution is 7.20. The molecule has 0 unspecified atom stereocenters. The van der Waals surface area contributed by atoms with Gasteiger partial charge in [-0.25, -0.2) is 9.07 Å². The number of aryl methyl sites for hydroxylation is 1. The van der Waals surface area contributed by atoms with E-state index in [-0.39, 0.29) is 17.8 Å². The van der Waals surface area contributed by atoms with Gasteiger partial charge in [-0.1, -0.05) is 0 Å². The topological polar surface area (TPSA) is 63.3 Å². The lowest BCUT2D eigenvalue weighted by molar-refractivity contribution is 0.0938. The number of rotatable bonds is 6. The average Bonchev–Trinajstić information content (AvgIpc) is 3.56. The Labute approximate surface area is 183 Å². The highest BCUT2D eigenvalue weighted by Gasteiger charge is 2.26. The monoisotopic (exact) mass is 438 g/mol. The molecule has 1 saturated heterocycles. The highest BCUT2D eigenvalue weighted by Crippen LogP contribution is 2.31. The third kappa shape index (κ3) is 3.88. The minimum Gasteiger partial charge on any atom is -0.468 e. The molecule has 0 radical (unpaired) electrons. The number of benzene rings is 1. The normalized spacial score (nSPS) is 15.5. The summed E-state index contributed by atoms with van der Waals surface area (Å²) in [7, 11) is 0. The summed E-state index contributed by atoms with van der Waals surface area (Å²) >= 11 is 1.39. The first-order valence-corrected chi connectivity index (χ1v) is 11.2. The van der Waals surface area contributed by atoms with Crippen LogP contribution in [-0.2, 0) is 0 Å². The predicted octanol–water partition coefficient (Wildman–Crippen LogP) is 4.69. The number of furan rings is 1. The number of carbonyl (C=O) groups excluding carboxylic acids is 1. The Hall–Kier alpha value is -2.97. The summed E-state index contributed by atoms with van der Waals surface area (Å²) in [6, 6.07) is 12.0. The summed E-state index contributed by atoms with van der Waals surface area (Å²) in [6.07, 6.45) is 4.01.